The van der Waals surface area contributed by atoms with Gasteiger partial charge in [-0.15, -0.1) is 0 Å². The van der Waals surface area contributed by atoms with Gasteiger partial charge in [0.2, 0.25) is 5.89 Å². The van der Waals surface area contributed by atoms with Crippen molar-refractivity contribution < 1.29 is 23.7 Å². The fourth-order valence-electron chi connectivity index (χ4n) is 2.32. The van der Waals surface area contributed by atoms with Crippen LogP contribution in [0.3, 0.4) is 0 Å². The maximum absolute atomic E-state index is 12.1. The second-order valence-electron chi connectivity index (χ2n) is 5.23. The van der Waals surface area contributed by atoms with E-state index < -0.39 is 17.8 Å². The van der Waals surface area contributed by atoms with Crippen molar-refractivity contribution in [1.29, 1.82) is 0 Å². The van der Waals surface area contributed by atoms with E-state index in [0.717, 1.165) is 0 Å². The topological polar surface area (TPSA) is 103 Å². The lowest BCUT2D eigenvalue weighted by atomic mass is 10.1. The molecule has 8 heteroatoms. The Morgan fingerprint density at radius 3 is 2.46 bits per heavy atom. The molecular formula is C16H15N3O5. The van der Waals surface area contributed by atoms with Gasteiger partial charge in [-0.25, -0.2) is 4.79 Å². The lowest BCUT2D eigenvalue weighted by Crippen LogP contribution is -2.32. The standard InChI is InChI=1S/C16H15N3O5/c1-2-12-17-13(23-18-12)8-5-9-14(20)24-19-15(21)10-6-3-4-7-11(10)16(19)22/h3-4,6-7H,2,5,8-9H2,1H3. The van der Waals surface area contributed by atoms with E-state index in [2.05, 4.69) is 10.1 Å². The average Bonchev–Trinajstić information content (AvgIpc) is 3.14. The van der Waals surface area contributed by atoms with E-state index in [0.29, 0.717) is 36.0 Å². The molecule has 0 aliphatic carbocycles. The molecule has 3 rings (SSSR count). The molecule has 0 fully saturated rings. The van der Waals surface area contributed by atoms with Crippen molar-refractivity contribution in [2.24, 2.45) is 0 Å². The SMILES string of the molecule is CCc1noc(CCCC(=O)ON2C(=O)c3ccccc3C2=O)n1. The first-order chi connectivity index (χ1) is 11.6. The van der Waals surface area contributed by atoms with E-state index in [1.807, 2.05) is 6.92 Å². The molecule has 0 spiro atoms. The van der Waals surface area contributed by atoms with Crippen LogP contribution in [0.2, 0.25) is 0 Å². The summed E-state index contributed by atoms with van der Waals surface area (Å²) in [6.07, 6.45) is 1.53. The minimum Gasteiger partial charge on any atom is -0.339 e. The Morgan fingerprint density at radius 2 is 1.88 bits per heavy atom. The van der Waals surface area contributed by atoms with Crippen LogP contribution in [-0.4, -0.2) is 33.0 Å². The molecule has 2 amide bonds. The van der Waals surface area contributed by atoms with Crippen molar-refractivity contribution in [3.8, 4) is 0 Å². The Hall–Kier alpha value is -3.03. The lowest BCUT2D eigenvalue weighted by molar-refractivity contribution is -0.168. The Labute approximate surface area is 137 Å². The molecule has 2 aromatic rings. The molecule has 0 radical (unpaired) electrons. The molecule has 0 atom stereocenters. The quantitative estimate of drug-likeness (QED) is 0.743. The van der Waals surface area contributed by atoms with Gasteiger partial charge in [0.15, 0.2) is 5.82 Å². The van der Waals surface area contributed by atoms with Crippen molar-refractivity contribution >= 4 is 17.8 Å². The first kappa shape index (κ1) is 15.9. The zero-order chi connectivity index (χ0) is 17.1. The van der Waals surface area contributed by atoms with E-state index in [-0.39, 0.29) is 17.5 Å². The highest BCUT2D eigenvalue weighted by molar-refractivity contribution is 6.20. The molecule has 1 aromatic carbocycles. The Balaban J connectivity index is 1.52. The summed E-state index contributed by atoms with van der Waals surface area (Å²) in [7, 11) is 0. The second kappa shape index (κ2) is 6.61. The van der Waals surface area contributed by atoms with Crippen LogP contribution >= 0.6 is 0 Å². The van der Waals surface area contributed by atoms with Crippen molar-refractivity contribution in [2.75, 3.05) is 0 Å². The van der Waals surface area contributed by atoms with Crippen LogP contribution in [0.4, 0.5) is 0 Å². The predicted octanol–water partition coefficient (Wildman–Crippen LogP) is 1.71. The number of aryl methyl sites for hydroxylation is 2. The highest BCUT2D eigenvalue weighted by Gasteiger charge is 2.38. The highest BCUT2D eigenvalue weighted by atomic mass is 16.7. The van der Waals surface area contributed by atoms with Gasteiger partial charge in [0.25, 0.3) is 11.8 Å². The van der Waals surface area contributed by atoms with Crippen molar-refractivity contribution in [3.63, 3.8) is 0 Å². The normalized spacial score (nSPS) is 13.3. The third-order valence-corrected chi connectivity index (χ3v) is 3.55. The molecule has 0 saturated heterocycles. The zero-order valence-corrected chi connectivity index (χ0v) is 13.0. The monoisotopic (exact) mass is 329 g/mol. The summed E-state index contributed by atoms with van der Waals surface area (Å²) in [5, 5.41) is 4.27. The average molecular weight is 329 g/mol. The number of nitrogens with zero attached hydrogens (tertiary/aromatic N) is 3. The Kier molecular flexibility index (Phi) is 4.37. The fourth-order valence-corrected chi connectivity index (χ4v) is 2.32. The lowest BCUT2D eigenvalue weighted by Gasteiger charge is -2.12. The molecule has 2 heterocycles. The number of benzene rings is 1. The number of aromatic nitrogens is 2. The minimum atomic E-state index is -0.667. The fraction of sp³-hybridized carbons (Fsp3) is 0.312. The number of hydroxylamine groups is 2. The summed E-state index contributed by atoms with van der Waals surface area (Å²) in [4.78, 5) is 45.0. The Morgan fingerprint density at radius 1 is 1.21 bits per heavy atom. The second-order valence-corrected chi connectivity index (χ2v) is 5.23. The zero-order valence-electron chi connectivity index (χ0n) is 13.0. The number of fused-ring (bicyclic) bond motifs is 1. The van der Waals surface area contributed by atoms with Gasteiger partial charge in [0.05, 0.1) is 11.1 Å². The predicted molar refractivity (Wildman–Crippen MR) is 79.6 cm³/mol. The minimum absolute atomic E-state index is 0.0250. The van der Waals surface area contributed by atoms with Gasteiger partial charge >= 0.3 is 5.97 Å². The smallest absolute Gasteiger partial charge is 0.333 e. The summed E-state index contributed by atoms with van der Waals surface area (Å²) in [5.41, 5.74) is 0.460. The number of carbonyl (C=O) groups is 3. The number of hydrogen-bond acceptors (Lipinski definition) is 7. The van der Waals surface area contributed by atoms with Crippen LogP contribution < -0.4 is 0 Å². The van der Waals surface area contributed by atoms with Crippen molar-refractivity contribution in [2.45, 2.75) is 32.6 Å². The maximum atomic E-state index is 12.1. The summed E-state index contributed by atoms with van der Waals surface area (Å²) >= 11 is 0. The molecule has 1 aliphatic heterocycles. The molecule has 0 N–H and O–H groups in total. The van der Waals surface area contributed by atoms with Gasteiger partial charge in [0, 0.05) is 19.3 Å². The third-order valence-electron chi connectivity index (χ3n) is 3.55. The van der Waals surface area contributed by atoms with Gasteiger partial charge < -0.3 is 9.36 Å². The van der Waals surface area contributed by atoms with Crippen molar-refractivity contribution in [1.82, 2.24) is 15.2 Å². The first-order valence-corrected chi connectivity index (χ1v) is 7.60. The number of carbonyl (C=O) groups excluding carboxylic acids is 3. The van der Waals surface area contributed by atoms with Gasteiger partial charge in [-0.1, -0.05) is 29.3 Å². The van der Waals surface area contributed by atoms with Crippen LogP contribution in [0, 0.1) is 0 Å². The number of hydrogen-bond donors (Lipinski definition) is 0. The van der Waals surface area contributed by atoms with Gasteiger partial charge in [-0.2, -0.15) is 4.98 Å². The van der Waals surface area contributed by atoms with Crippen molar-refractivity contribution in [3.05, 3.63) is 47.1 Å². The van der Waals surface area contributed by atoms with E-state index in [1.165, 1.54) is 12.1 Å². The molecule has 24 heavy (non-hydrogen) atoms. The number of imide groups is 1. The molecule has 0 bridgehead atoms. The summed E-state index contributed by atoms with van der Waals surface area (Å²) in [6, 6.07) is 6.32. The van der Waals surface area contributed by atoms with Crippen LogP contribution in [0.5, 0.6) is 0 Å². The molecule has 0 unspecified atom stereocenters. The van der Waals surface area contributed by atoms with E-state index in [1.54, 1.807) is 12.1 Å². The van der Waals surface area contributed by atoms with Gasteiger partial charge in [0.1, 0.15) is 0 Å². The van der Waals surface area contributed by atoms with Crippen LogP contribution in [-0.2, 0) is 22.5 Å². The summed E-state index contributed by atoms with van der Waals surface area (Å²) < 4.78 is 5.02. The third kappa shape index (κ3) is 3.03. The van der Waals surface area contributed by atoms with Crippen LogP contribution in [0.15, 0.2) is 28.8 Å². The highest BCUT2D eigenvalue weighted by Crippen LogP contribution is 2.23. The van der Waals surface area contributed by atoms with E-state index in [4.69, 9.17) is 9.36 Å². The molecule has 1 aromatic heterocycles. The maximum Gasteiger partial charge on any atom is 0.333 e. The number of amides is 2. The molecule has 124 valence electrons. The molecule has 8 nitrogen and oxygen atoms in total. The number of rotatable bonds is 6. The largest absolute Gasteiger partial charge is 0.339 e. The molecular weight excluding hydrogens is 314 g/mol. The van der Waals surface area contributed by atoms with Crippen LogP contribution in [0.25, 0.3) is 0 Å². The molecule has 1 aliphatic rings. The van der Waals surface area contributed by atoms with E-state index in [9.17, 15) is 14.4 Å². The first-order valence-electron chi connectivity index (χ1n) is 7.60. The Bertz CT molecular complexity index is 764. The summed E-state index contributed by atoms with van der Waals surface area (Å²) in [6.45, 7) is 1.91. The van der Waals surface area contributed by atoms with E-state index >= 15 is 0 Å². The van der Waals surface area contributed by atoms with Crippen LogP contribution in [0.1, 0.15) is 52.2 Å². The molecule has 0 saturated carbocycles. The van der Waals surface area contributed by atoms with Gasteiger partial charge in [-0.05, 0) is 18.6 Å². The van der Waals surface area contributed by atoms with Gasteiger partial charge in [-0.3, -0.25) is 9.59 Å². The summed E-state index contributed by atoms with van der Waals surface area (Å²) in [5.74, 6) is -0.874.